The minimum atomic E-state index is 0.121. The smallest absolute Gasteiger partial charge is 0.220 e. The molecule has 0 unspecified atom stereocenters. The normalized spacial score (nSPS) is 11.6. The molecule has 0 radical (unpaired) electrons. The van der Waals surface area contributed by atoms with Crippen LogP contribution in [0.5, 0.6) is 0 Å². The summed E-state index contributed by atoms with van der Waals surface area (Å²) in [5.41, 5.74) is 2.19. The zero-order valence-electron chi connectivity index (χ0n) is 14.7. The Morgan fingerprint density at radius 3 is 2.74 bits per heavy atom. The molecule has 0 aliphatic rings. The Balaban J connectivity index is 2.06. The number of likely N-dealkylation sites (N-methyl/N-ethyl adjacent to an activating group) is 1. The second kappa shape index (κ2) is 8.11. The number of nitrogens with zero attached hydrogens (tertiary/aromatic N) is 3. The summed E-state index contributed by atoms with van der Waals surface area (Å²) in [6, 6.07) is 8.21. The molecule has 0 spiro atoms. The summed E-state index contributed by atoms with van der Waals surface area (Å²) in [6.07, 6.45) is 1.34. The molecule has 0 aliphatic heterocycles. The molecule has 2 rings (SSSR count). The van der Waals surface area contributed by atoms with Crippen molar-refractivity contribution >= 4 is 16.9 Å². The van der Waals surface area contributed by atoms with Crippen LogP contribution in [0, 0.1) is 5.92 Å². The first-order valence-corrected chi connectivity index (χ1v) is 8.33. The van der Waals surface area contributed by atoms with Gasteiger partial charge in [0.25, 0.3) is 0 Å². The third kappa shape index (κ3) is 5.06. The van der Waals surface area contributed by atoms with Gasteiger partial charge in [0.2, 0.25) is 5.91 Å². The Morgan fingerprint density at radius 1 is 1.30 bits per heavy atom. The van der Waals surface area contributed by atoms with Gasteiger partial charge in [-0.25, -0.2) is 4.98 Å². The van der Waals surface area contributed by atoms with Crippen molar-refractivity contribution in [1.82, 2.24) is 19.8 Å². The molecule has 5 nitrogen and oxygen atoms in total. The summed E-state index contributed by atoms with van der Waals surface area (Å²) in [5.74, 6) is 1.55. The van der Waals surface area contributed by atoms with Crippen molar-refractivity contribution in [2.24, 2.45) is 5.92 Å². The van der Waals surface area contributed by atoms with Crippen LogP contribution in [0.3, 0.4) is 0 Å². The van der Waals surface area contributed by atoms with E-state index < -0.39 is 0 Å². The SMILES string of the molecule is CC(C)CC(=O)NCCc1nc2ccccc2n1CCN(C)C. The highest BCUT2D eigenvalue weighted by atomic mass is 16.1. The maximum absolute atomic E-state index is 11.8. The van der Waals surface area contributed by atoms with E-state index in [-0.39, 0.29) is 5.91 Å². The molecule has 1 N–H and O–H groups in total. The molecule has 0 bridgehead atoms. The maximum Gasteiger partial charge on any atom is 0.220 e. The Labute approximate surface area is 138 Å². The number of rotatable bonds is 8. The zero-order chi connectivity index (χ0) is 16.8. The van der Waals surface area contributed by atoms with E-state index in [1.165, 1.54) is 0 Å². The summed E-state index contributed by atoms with van der Waals surface area (Å²) in [4.78, 5) is 18.7. The van der Waals surface area contributed by atoms with E-state index in [4.69, 9.17) is 4.98 Å². The summed E-state index contributed by atoms with van der Waals surface area (Å²) >= 11 is 0. The van der Waals surface area contributed by atoms with Crippen LogP contribution >= 0.6 is 0 Å². The highest BCUT2D eigenvalue weighted by Gasteiger charge is 2.11. The van der Waals surface area contributed by atoms with Crippen LogP contribution in [0.15, 0.2) is 24.3 Å². The highest BCUT2D eigenvalue weighted by molar-refractivity contribution is 5.76. The van der Waals surface area contributed by atoms with Gasteiger partial charge in [-0.2, -0.15) is 0 Å². The summed E-state index contributed by atoms with van der Waals surface area (Å²) in [5, 5.41) is 3.00. The number of fused-ring (bicyclic) bond motifs is 1. The molecule has 0 atom stereocenters. The van der Waals surface area contributed by atoms with E-state index in [9.17, 15) is 4.79 Å². The standard InChI is InChI=1S/C18H28N4O/c1-14(2)13-18(23)19-10-9-17-20-15-7-5-6-8-16(15)22(17)12-11-21(3)4/h5-8,14H,9-13H2,1-4H3,(H,19,23). The minimum absolute atomic E-state index is 0.121. The van der Waals surface area contributed by atoms with Crippen LogP contribution in [-0.2, 0) is 17.8 Å². The molecule has 0 saturated heterocycles. The van der Waals surface area contributed by atoms with Crippen LogP contribution in [0.2, 0.25) is 0 Å². The molecule has 0 fully saturated rings. The fraction of sp³-hybridized carbons (Fsp3) is 0.556. The van der Waals surface area contributed by atoms with E-state index >= 15 is 0 Å². The van der Waals surface area contributed by atoms with Crippen LogP contribution in [0.1, 0.15) is 26.1 Å². The van der Waals surface area contributed by atoms with Crippen molar-refractivity contribution in [2.75, 3.05) is 27.2 Å². The van der Waals surface area contributed by atoms with Crippen molar-refractivity contribution in [3.05, 3.63) is 30.1 Å². The van der Waals surface area contributed by atoms with Gasteiger partial charge >= 0.3 is 0 Å². The summed E-state index contributed by atoms with van der Waals surface area (Å²) in [7, 11) is 4.15. The molecule has 1 heterocycles. The number of para-hydroxylation sites is 2. The van der Waals surface area contributed by atoms with Gasteiger partial charge in [-0.3, -0.25) is 4.79 Å². The average molecular weight is 316 g/mol. The number of benzene rings is 1. The number of aromatic nitrogens is 2. The van der Waals surface area contributed by atoms with E-state index in [2.05, 4.69) is 48.8 Å². The van der Waals surface area contributed by atoms with E-state index in [1.807, 2.05) is 18.2 Å². The van der Waals surface area contributed by atoms with E-state index in [0.717, 1.165) is 36.4 Å². The molecule has 1 aromatic heterocycles. The number of amides is 1. The third-order valence-electron chi connectivity index (χ3n) is 3.77. The van der Waals surface area contributed by atoms with Crippen molar-refractivity contribution < 1.29 is 4.79 Å². The molecular weight excluding hydrogens is 288 g/mol. The monoisotopic (exact) mass is 316 g/mol. The lowest BCUT2D eigenvalue weighted by molar-refractivity contribution is -0.121. The van der Waals surface area contributed by atoms with E-state index in [1.54, 1.807) is 0 Å². The van der Waals surface area contributed by atoms with Gasteiger partial charge in [0.15, 0.2) is 0 Å². The topological polar surface area (TPSA) is 50.2 Å². The first-order chi connectivity index (χ1) is 11.0. The van der Waals surface area contributed by atoms with Crippen LogP contribution in [0.4, 0.5) is 0 Å². The number of hydrogen-bond acceptors (Lipinski definition) is 3. The summed E-state index contributed by atoms with van der Waals surface area (Å²) in [6.45, 7) is 6.62. The molecule has 5 heteroatoms. The largest absolute Gasteiger partial charge is 0.356 e. The first-order valence-electron chi connectivity index (χ1n) is 8.33. The number of imidazole rings is 1. The molecular formula is C18H28N4O. The number of carbonyl (C=O) groups excluding carboxylic acids is 1. The lowest BCUT2D eigenvalue weighted by Gasteiger charge is -2.13. The molecule has 1 amide bonds. The Bertz CT molecular complexity index is 646. The predicted octanol–water partition coefficient (Wildman–Crippen LogP) is 2.30. The second-order valence-electron chi connectivity index (χ2n) is 6.67. The van der Waals surface area contributed by atoms with Crippen LogP contribution < -0.4 is 5.32 Å². The Kier molecular flexibility index (Phi) is 6.16. The Morgan fingerprint density at radius 2 is 2.04 bits per heavy atom. The molecule has 0 aliphatic carbocycles. The molecule has 1 aromatic carbocycles. The van der Waals surface area contributed by atoms with E-state index in [0.29, 0.717) is 18.9 Å². The van der Waals surface area contributed by atoms with Gasteiger partial charge < -0.3 is 14.8 Å². The summed E-state index contributed by atoms with van der Waals surface area (Å²) < 4.78 is 2.27. The van der Waals surface area contributed by atoms with Gasteiger partial charge in [0.1, 0.15) is 5.82 Å². The number of hydrogen-bond donors (Lipinski definition) is 1. The van der Waals surface area contributed by atoms with Gasteiger partial charge in [0, 0.05) is 32.5 Å². The van der Waals surface area contributed by atoms with Gasteiger partial charge in [-0.15, -0.1) is 0 Å². The fourth-order valence-electron chi connectivity index (χ4n) is 2.62. The van der Waals surface area contributed by atoms with Crippen LogP contribution in [0.25, 0.3) is 11.0 Å². The lowest BCUT2D eigenvalue weighted by atomic mass is 10.1. The second-order valence-corrected chi connectivity index (χ2v) is 6.67. The van der Waals surface area contributed by atoms with Gasteiger partial charge in [-0.1, -0.05) is 26.0 Å². The fourth-order valence-corrected chi connectivity index (χ4v) is 2.62. The molecule has 0 saturated carbocycles. The van der Waals surface area contributed by atoms with Crippen molar-refractivity contribution in [2.45, 2.75) is 33.2 Å². The number of carbonyl (C=O) groups is 1. The third-order valence-corrected chi connectivity index (χ3v) is 3.77. The zero-order valence-corrected chi connectivity index (χ0v) is 14.7. The average Bonchev–Trinajstić information content (AvgIpc) is 2.82. The predicted molar refractivity (Wildman–Crippen MR) is 94.5 cm³/mol. The minimum Gasteiger partial charge on any atom is -0.356 e. The molecule has 2 aromatic rings. The molecule has 126 valence electrons. The van der Waals surface area contributed by atoms with Gasteiger partial charge in [-0.05, 0) is 32.1 Å². The maximum atomic E-state index is 11.8. The quantitative estimate of drug-likeness (QED) is 0.813. The van der Waals surface area contributed by atoms with Crippen molar-refractivity contribution in [3.63, 3.8) is 0 Å². The van der Waals surface area contributed by atoms with Crippen LogP contribution in [-0.4, -0.2) is 47.5 Å². The van der Waals surface area contributed by atoms with Gasteiger partial charge in [0.05, 0.1) is 11.0 Å². The van der Waals surface area contributed by atoms with Crippen molar-refractivity contribution in [3.8, 4) is 0 Å². The Hall–Kier alpha value is -1.88. The first kappa shape index (κ1) is 17.5. The number of nitrogens with one attached hydrogen (secondary N) is 1. The lowest BCUT2D eigenvalue weighted by Crippen LogP contribution is -2.27. The molecule has 23 heavy (non-hydrogen) atoms. The highest BCUT2D eigenvalue weighted by Crippen LogP contribution is 2.16. The van der Waals surface area contributed by atoms with Crippen molar-refractivity contribution in [1.29, 1.82) is 0 Å².